The van der Waals surface area contributed by atoms with Crippen LogP contribution in [0.5, 0.6) is 0 Å². The van der Waals surface area contributed by atoms with Gasteiger partial charge in [0.25, 0.3) is 0 Å². The fraction of sp³-hybridized carbons (Fsp3) is 0.350. The molecular formula is C20H23N3O2S. The quantitative estimate of drug-likeness (QED) is 0.761. The third kappa shape index (κ3) is 5.81. The van der Waals surface area contributed by atoms with Gasteiger partial charge in [-0.2, -0.15) is 0 Å². The summed E-state index contributed by atoms with van der Waals surface area (Å²) in [6.07, 6.45) is 9.26. The number of benzene rings is 1. The Bertz CT molecular complexity index is 764. The van der Waals surface area contributed by atoms with Gasteiger partial charge in [0.2, 0.25) is 11.8 Å². The van der Waals surface area contributed by atoms with Gasteiger partial charge in [-0.1, -0.05) is 49.6 Å². The van der Waals surface area contributed by atoms with Crippen LogP contribution >= 0.6 is 11.3 Å². The minimum absolute atomic E-state index is 0.00375. The Balaban J connectivity index is 1.47. The maximum Gasteiger partial charge on any atom is 0.250 e. The molecule has 1 aliphatic carbocycles. The van der Waals surface area contributed by atoms with Crippen molar-refractivity contribution in [1.29, 1.82) is 0 Å². The summed E-state index contributed by atoms with van der Waals surface area (Å²) >= 11 is 1.33. The van der Waals surface area contributed by atoms with Gasteiger partial charge in [-0.3, -0.25) is 14.9 Å². The molecule has 0 saturated heterocycles. The van der Waals surface area contributed by atoms with Crippen molar-refractivity contribution in [2.45, 2.75) is 44.6 Å². The lowest BCUT2D eigenvalue weighted by atomic mass is 9.95. The van der Waals surface area contributed by atoms with Crippen molar-refractivity contribution in [2.24, 2.45) is 0 Å². The maximum absolute atomic E-state index is 12.1. The Labute approximate surface area is 157 Å². The molecule has 1 heterocycles. The Morgan fingerprint density at radius 2 is 1.92 bits per heavy atom. The molecule has 1 aliphatic rings. The highest BCUT2D eigenvalue weighted by molar-refractivity contribution is 7.14. The molecule has 1 fully saturated rings. The van der Waals surface area contributed by atoms with E-state index in [0.717, 1.165) is 18.4 Å². The number of aromatic nitrogens is 1. The van der Waals surface area contributed by atoms with E-state index < -0.39 is 0 Å². The zero-order chi connectivity index (χ0) is 18.2. The second-order valence-electron chi connectivity index (χ2n) is 6.46. The van der Waals surface area contributed by atoms with Gasteiger partial charge in [0, 0.05) is 17.5 Å². The van der Waals surface area contributed by atoms with E-state index in [0.29, 0.717) is 16.9 Å². The highest BCUT2D eigenvalue weighted by Crippen LogP contribution is 2.19. The number of amides is 2. The molecule has 2 aromatic rings. The van der Waals surface area contributed by atoms with Crippen LogP contribution in [-0.2, 0) is 16.0 Å². The lowest BCUT2D eigenvalue weighted by Gasteiger charge is -2.22. The number of nitrogens with one attached hydrogen (secondary N) is 2. The zero-order valence-electron chi connectivity index (χ0n) is 14.6. The molecule has 5 nitrogen and oxygen atoms in total. The molecule has 2 amide bonds. The fourth-order valence-corrected chi connectivity index (χ4v) is 3.73. The van der Waals surface area contributed by atoms with Gasteiger partial charge in [-0.05, 0) is 24.5 Å². The summed E-state index contributed by atoms with van der Waals surface area (Å²) in [5.41, 5.74) is 1.65. The summed E-state index contributed by atoms with van der Waals surface area (Å²) in [6, 6.07) is 9.93. The van der Waals surface area contributed by atoms with Crippen molar-refractivity contribution >= 4 is 34.4 Å². The number of anilines is 1. The molecule has 0 atom stereocenters. The van der Waals surface area contributed by atoms with Gasteiger partial charge in [0.1, 0.15) is 0 Å². The van der Waals surface area contributed by atoms with Crippen LogP contribution in [-0.4, -0.2) is 22.8 Å². The number of carbonyl (C=O) groups excluding carboxylic acids is 2. The molecule has 6 heteroatoms. The summed E-state index contributed by atoms with van der Waals surface area (Å²) in [7, 11) is 0. The third-order valence-electron chi connectivity index (χ3n) is 4.32. The van der Waals surface area contributed by atoms with Crippen LogP contribution in [0, 0.1) is 0 Å². The van der Waals surface area contributed by atoms with Crippen LogP contribution in [0.2, 0.25) is 0 Å². The minimum Gasteiger partial charge on any atom is -0.353 e. The number of rotatable bonds is 6. The van der Waals surface area contributed by atoms with E-state index in [9.17, 15) is 9.59 Å². The standard InChI is InChI=1S/C20H23N3O2S/c24-18(12-11-15-7-3-1-4-8-15)23-20-22-17(14-26-20)13-19(25)21-16-9-5-2-6-10-16/h1,3-4,7-8,11-12,14,16H,2,5-6,9-10,13H2,(H,21,25)(H,22,23,24)/b12-11+. The first kappa shape index (κ1) is 18.3. The highest BCUT2D eigenvalue weighted by atomic mass is 32.1. The Morgan fingerprint density at radius 3 is 2.69 bits per heavy atom. The normalized spacial score (nSPS) is 15.1. The maximum atomic E-state index is 12.1. The van der Waals surface area contributed by atoms with Crippen molar-refractivity contribution in [2.75, 3.05) is 5.32 Å². The Kier molecular flexibility index (Phi) is 6.55. The number of carbonyl (C=O) groups is 2. The third-order valence-corrected chi connectivity index (χ3v) is 5.13. The molecule has 0 unspecified atom stereocenters. The van der Waals surface area contributed by atoms with Gasteiger partial charge in [-0.15, -0.1) is 11.3 Å². The van der Waals surface area contributed by atoms with Crippen molar-refractivity contribution in [3.05, 3.63) is 53.0 Å². The number of hydrogen-bond acceptors (Lipinski definition) is 4. The molecule has 1 saturated carbocycles. The van der Waals surface area contributed by atoms with Crippen LogP contribution in [0.25, 0.3) is 6.08 Å². The number of nitrogens with zero attached hydrogens (tertiary/aromatic N) is 1. The van der Waals surface area contributed by atoms with E-state index in [1.54, 1.807) is 6.08 Å². The molecule has 0 spiro atoms. The summed E-state index contributed by atoms with van der Waals surface area (Å²) < 4.78 is 0. The van der Waals surface area contributed by atoms with Crippen molar-refractivity contribution in [3.63, 3.8) is 0 Å². The molecule has 0 aliphatic heterocycles. The van der Waals surface area contributed by atoms with E-state index in [1.807, 2.05) is 35.7 Å². The SMILES string of the molecule is O=C(/C=C/c1ccccc1)Nc1nc(CC(=O)NC2CCCCC2)cs1. The first-order valence-corrected chi connectivity index (χ1v) is 9.85. The van der Waals surface area contributed by atoms with Gasteiger partial charge in [0.05, 0.1) is 12.1 Å². The topological polar surface area (TPSA) is 71.1 Å². The molecular weight excluding hydrogens is 346 g/mol. The van der Waals surface area contributed by atoms with Crippen LogP contribution in [0.3, 0.4) is 0 Å². The smallest absolute Gasteiger partial charge is 0.250 e. The summed E-state index contributed by atoms with van der Waals surface area (Å²) in [5.74, 6) is -0.231. The highest BCUT2D eigenvalue weighted by Gasteiger charge is 2.16. The van der Waals surface area contributed by atoms with Gasteiger partial charge < -0.3 is 5.32 Å². The molecule has 3 rings (SSSR count). The zero-order valence-corrected chi connectivity index (χ0v) is 15.4. The first-order valence-electron chi connectivity index (χ1n) is 8.97. The van der Waals surface area contributed by atoms with Crippen molar-refractivity contribution in [1.82, 2.24) is 10.3 Å². The second-order valence-corrected chi connectivity index (χ2v) is 7.31. The minimum atomic E-state index is -0.235. The molecule has 1 aromatic heterocycles. The van der Waals surface area contributed by atoms with Crippen molar-refractivity contribution in [3.8, 4) is 0 Å². The predicted octanol–water partition coefficient (Wildman–Crippen LogP) is 3.79. The molecule has 0 bridgehead atoms. The van der Waals surface area contributed by atoms with Crippen LogP contribution < -0.4 is 10.6 Å². The summed E-state index contributed by atoms with van der Waals surface area (Å²) in [5, 5.41) is 8.14. The average molecular weight is 369 g/mol. The molecule has 26 heavy (non-hydrogen) atoms. The van der Waals surface area contributed by atoms with Crippen LogP contribution in [0.15, 0.2) is 41.8 Å². The van der Waals surface area contributed by atoms with E-state index in [-0.39, 0.29) is 18.2 Å². The van der Waals surface area contributed by atoms with Gasteiger partial charge >= 0.3 is 0 Å². The Hall–Kier alpha value is -2.47. The van der Waals surface area contributed by atoms with E-state index in [4.69, 9.17) is 0 Å². The molecule has 136 valence electrons. The average Bonchev–Trinajstić information content (AvgIpc) is 3.08. The van der Waals surface area contributed by atoms with Gasteiger partial charge in [-0.25, -0.2) is 4.98 Å². The lowest BCUT2D eigenvalue weighted by molar-refractivity contribution is -0.121. The Morgan fingerprint density at radius 1 is 1.15 bits per heavy atom. The fourth-order valence-electron chi connectivity index (χ4n) is 3.02. The molecule has 1 aromatic carbocycles. The van der Waals surface area contributed by atoms with Crippen LogP contribution in [0.1, 0.15) is 43.4 Å². The summed E-state index contributed by atoms with van der Waals surface area (Å²) in [6.45, 7) is 0. The molecule has 0 radical (unpaired) electrons. The van der Waals surface area contributed by atoms with E-state index in [1.165, 1.54) is 36.7 Å². The van der Waals surface area contributed by atoms with Crippen molar-refractivity contribution < 1.29 is 9.59 Å². The van der Waals surface area contributed by atoms with E-state index >= 15 is 0 Å². The lowest BCUT2D eigenvalue weighted by Crippen LogP contribution is -2.37. The largest absolute Gasteiger partial charge is 0.353 e. The summed E-state index contributed by atoms with van der Waals surface area (Å²) in [4.78, 5) is 28.4. The van der Waals surface area contributed by atoms with E-state index in [2.05, 4.69) is 15.6 Å². The monoisotopic (exact) mass is 369 g/mol. The second kappa shape index (κ2) is 9.29. The van der Waals surface area contributed by atoms with Crippen LogP contribution in [0.4, 0.5) is 5.13 Å². The number of thiazole rings is 1. The van der Waals surface area contributed by atoms with Gasteiger partial charge in [0.15, 0.2) is 5.13 Å². The predicted molar refractivity (Wildman–Crippen MR) is 105 cm³/mol. The first-order chi connectivity index (χ1) is 12.7. The molecule has 2 N–H and O–H groups in total. The number of hydrogen-bond donors (Lipinski definition) is 2.